The topological polar surface area (TPSA) is 79.9 Å². The molecule has 1 amide bonds. The summed E-state index contributed by atoms with van der Waals surface area (Å²) in [6, 6.07) is 5.56. The highest BCUT2D eigenvalue weighted by Gasteiger charge is 2.16. The first-order valence-electron chi connectivity index (χ1n) is 6.39. The summed E-state index contributed by atoms with van der Waals surface area (Å²) in [4.78, 5) is 16.3. The first-order chi connectivity index (χ1) is 9.51. The van der Waals surface area contributed by atoms with Crippen molar-refractivity contribution in [3.63, 3.8) is 0 Å². The standard InChI is InChI=1S/C14H18N4O2/c1-8(2)12-16-13(18-17-12)14(19)15-10-7-9(3)5-6-11(10)20-4/h5-8H,1-4H3,(H,15,19)(H,16,17,18). The molecular weight excluding hydrogens is 256 g/mol. The highest BCUT2D eigenvalue weighted by molar-refractivity contribution is 6.02. The van der Waals surface area contributed by atoms with Crippen molar-refractivity contribution in [2.45, 2.75) is 26.7 Å². The van der Waals surface area contributed by atoms with Gasteiger partial charge in [0.1, 0.15) is 11.6 Å². The lowest BCUT2D eigenvalue weighted by Gasteiger charge is -2.09. The van der Waals surface area contributed by atoms with Gasteiger partial charge in [0.2, 0.25) is 5.82 Å². The summed E-state index contributed by atoms with van der Waals surface area (Å²) in [6.45, 7) is 5.90. The normalized spacial score (nSPS) is 10.7. The molecule has 20 heavy (non-hydrogen) atoms. The van der Waals surface area contributed by atoms with Crippen molar-refractivity contribution in [2.24, 2.45) is 0 Å². The van der Waals surface area contributed by atoms with E-state index in [-0.39, 0.29) is 17.6 Å². The van der Waals surface area contributed by atoms with Gasteiger partial charge in [-0.3, -0.25) is 9.89 Å². The fourth-order valence-electron chi connectivity index (χ4n) is 1.73. The Morgan fingerprint density at radius 3 is 2.75 bits per heavy atom. The maximum absolute atomic E-state index is 12.1. The van der Waals surface area contributed by atoms with Crippen LogP contribution in [0, 0.1) is 6.92 Å². The number of carbonyl (C=O) groups excluding carboxylic acids is 1. The van der Waals surface area contributed by atoms with Gasteiger partial charge in [0.15, 0.2) is 0 Å². The largest absolute Gasteiger partial charge is 0.495 e. The maximum atomic E-state index is 12.1. The Hall–Kier alpha value is -2.37. The predicted octanol–water partition coefficient (Wildman–Crippen LogP) is 2.50. The lowest BCUT2D eigenvalue weighted by molar-refractivity contribution is 0.101. The highest BCUT2D eigenvalue weighted by Crippen LogP contribution is 2.25. The molecule has 2 rings (SSSR count). The van der Waals surface area contributed by atoms with E-state index in [9.17, 15) is 4.79 Å². The van der Waals surface area contributed by atoms with Crippen molar-refractivity contribution < 1.29 is 9.53 Å². The summed E-state index contributed by atoms with van der Waals surface area (Å²) in [5, 5.41) is 9.44. The molecule has 0 aliphatic rings. The van der Waals surface area contributed by atoms with E-state index in [1.54, 1.807) is 7.11 Å². The van der Waals surface area contributed by atoms with Crippen molar-refractivity contribution in [1.82, 2.24) is 15.2 Å². The van der Waals surface area contributed by atoms with Crippen LogP contribution in [0.3, 0.4) is 0 Å². The Kier molecular flexibility index (Phi) is 4.02. The molecule has 0 fully saturated rings. The molecule has 0 saturated heterocycles. The molecule has 2 aromatic rings. The van der Waals surface area contributed by atoms with Crippen LogP contribution in [0.1, 0.15) is 41.8 Å². The third kappa shape index (κ3) is 2.96. The van der Waals surface area contributed by atoms with Crippen molar-refractivity contribution in [2.75, 3.05) is 12.4 Å². The molecule has 2 N–H and O–H groups in total. The van der Waals surface area contributed by atoms with Crippen LogP contribution in [0.15, 0.2) is 18.2 Å². The number of nitrogens with zero attached hydrogens (tertiary/aromatic N) is 2. The molecule has 0 radical (unpaired) electrons. The minimum Gasteiger partial charge on any atom is -0.495 e. The van der Waals surface area contributed by atoms with Gasteiger partial charge in [-0.1, -0.05) is 19.9 Å². The van der Waals surface area contributed by atoms with Crippen LogP contribution in [-0.2, 0) is 0 Å². The number of ether oxygens (including phenoxy) is 1. The molecule has 6 heteroatoms. The number of benzene rings is 1. The zero-order valence-corrected chi connectivity index (χ0v) is 12.0. The van der Waals surface area contributed by atoms with E-state index < -0.39 is 0 Å². The number of rotatable bonds is 4. The number of anilines is 1. The molecular formula is C14H18N4O2. The van der Waals surface area contributed by atoms with Gasteiger partial charge in [-0.05, 0) is 24.6 Å². The number of hydrogen-bond donors (Lipinski definition) is 2. The Bertz CT molecular complexity index is 619. The fourth-order valence-corrected chi connectivity index (χ4v) is 1.73. The van der Waals surface area contributed by atoms with Crippen LogP contribution in [0.4, 0.5) is 5.69 Å². The summed E-state index contributed by atoms with van der Waals surface area (Å²) in [7, 11) is 1.56. The second kappa shape index (κ2) is 5.73. The molecule has 106 valence electrons. The number of H-pyrrole nitrogens is 1. The molecule has 0 spiro atoms. The van der Waals surface area contributed by atoms with Gasteiger partial charge in [0.05, 0.1) is 12.8 Å². The molecule has 0 saturated carbocycles. The van der Waals surface area contributed by atoms with Gasteiger partial charge >= 0.3 is 0 Å². The average molecular weight is 274 g/mol. The Morgan fingerprint density at radius 1 is 1.40 bits per heavy atom. The summed E-state index contributed by atoms with van der Waals surface area (Å²) in [5.41, 5.74) is 1.63. The minimum absolute atomic E-state index is 0.122. The zero-order valence-electron chi connectivity index (χ0n) is 12.0. The smallest absolute Gasteiger partial charge is 0.295 e. The summed E-state index contributed by atoms with van der Waals surface area (Å²) >= 11 is 0. The molecule has 0 bridgehead atoms. The molecule has 6 nitrogen and oxygen atoms in total. The first kappa shape index (κ1) is 14.0. The monoisotopic (exact) mass is 274 g/mol. The molecule has 1 aromatic heterocycles. The molecule has 1 aromatic carbocycles. The third-order valence-electron chi connectivity index (χ3n) is 2.86. The SMILES string of the molecule is COc1ccc(C)cc1NC(=O)c1n[nH]c(C(C)C)n1. The molecule has 0 unspecified atom stereocenters. The number of aryl methyl sites for hydroxylation is 1. The number of aromatic nitrogens is 3. The van der Waals surface area contributed by atoms with E-state index in [2.05, 4.69) is 20.5 Å². The molecule has 0 aliphatic heterocycles. The second-order valence-corrected chi connectivity index (χ2v) is 4.86. The van der Waals surface area contributed by atoms with Gasteiger partial charge in [-0.2, -0.15) is 0 Å². The quantitative estimate of drug-likeness (QED) is 0.897. The van der Waals surface area contributed by atoms with E-state index in [1.165, 1.54) is 0 Å². The van der Waals surface area contributed by atoms with Gasteiger partial charge < -0.3 is 10.1 Å². The minimum atomic E-state index is -0.364. The number of aromatic amines is 1. The maximum Gasteiger partial charge on any atom is 0.295 e. The fraction of sp³-hybridized carbons (Fsp3) is 0.357. The molecule has 0 atom stereocenters. The van der Waals surface area contributed by atoms with Crippen LogP contribution in [0.5, 0.6) is 5.75 Å². The van der Waals surface area contributed by atoms with Crippen molar-refractivity contribution in [3.05, 3.63) is 35.4 Å². The van der Waals surface area contributed by atoms with Crippen LogP contribution >= 0.6 is 0 Å². The van der Waals surface area contributed by atoms with E-state index in [0.717, 1.165) is 5.56 Å². The number of amides is 1. The molecule has 0 aliphatic carbocycles. The van der Waals surface area contributed by atoms with Crippen LogP contribution in [0.25, 0.3) is 0 Å². The van der Waals surface area contributed by atoms with Gasteiger partial charge in [0.25, 0.3) is 5.91 Å². The zero-order chi connectivity index (χ0) is 14.7. The van der Waals surface area contributed by atoms with Crippen molar-refractivity contribution in [3.8, 4) is 5.75 Å². The van der Waals surface area contributed by atoms with Gasteiger partial charge in [-0.25, -0.2) is 4.98 Å². The lowest BCUT2D eigenvalue weighted by atomic mass is 10.2. The van der Waals surface area contributed by atoms with Crippen molar-refractivity contribution in [1.29, 1.82) is 0 Å². The predicted molar refractivity (Wildman–Crippen MR) is 76.2 cm³/mol. The van der Waals surface area contributed by atoms with E-state index >= 15 is 0 Å². The van der Waals surface area contributed by atoms with Gasteiger partial charge in [0, 0.05) is 5.92 Å². The Labute approximate surface area is 117 Å². The second-order valence-electron chi connectivity index (χ2n) is 4.86. The first-order valence-corrected chi connectivity index (χ1v) is 6.39. The highest BCUT2D eigenvalue weighted by atomic mass is 16.5. The van der Waals surface area contributed by atoms with E-state index in [0.29, 0.717) is 17.3 Å². The third-order valence-corrected chi connectivity index (χ3v) is 2.86. The summed E-state index contributed by atoms with van der Waals surface area (Å²) < 4.78 is 5.22. The van der Waals surface area contributed by atoms with Crippen LogP contribution < -0.4 is 10.1 Å². The average Bonchev–Trinajstić information content (AvgIpc) is 2.89. The summed E-state index contributed by atoms with van der Waals surface area (Å²) in [5.74, 6) is 1.24. The summed E-state index contributed by atoms with van der Waals surface area (Å²) in [6.07, 6.45) is 0. The van der Waals surface area contributed by atoms with Crippen molar-refractivity contribution >= 4 is 11.6 Å². The van der Waals surface area contributed by atoms with E-state index in [4.69, 9.17) is 4.74 Å². The van der Waals surface area contributed by atoms with Gasteiger partial charge in [-0.15, -0.1) is 5.10 Å². The molecule has 1 heterocycles. The van der Waals surface area contributed by atoms with E-state index in [1.807, 2.05) is 39.0 Å². The number of methoxy groups -OCH3 is 1. The number of carbonyl (C=O) groups is 1. The Balaban J connectivity index is 2.20. The number of nitrogens with one attached hydrogen (secondary N) is 2. The Morgan fingerprint density at radius 2 is 2.15 bits per heavy atom. The number of hydrogen-bond acceptors (Lipinski definition) is 4. The van der Waals surface area contributed by atoms with Crippen LogP contribution in [-0.4, -0.2) is 28.2 Å². The lowest BCUT2D eigenvalue weighted by Crippen LogP contribution is -2.14. The van der Waals surface area contributed by atoms with Crippen LogP contribution in [0.2, 0.25) is 0 Å².